The van der Waals surface area contributed by atoms with Gasteiger partial charge >= 0.3 is 6.01 Å². The van der Waals surface area contributed by atoms with Gasteiger partial charge in [0.1, 0.15) is 6.26 Å². The van der Waals surface area contributed by atoms with Crippen molar-refractivity contribution in [2.24, 2.45) is 11.7 Å². The average Bonchev–Trinajstić information content (AvgIpc) is 2.50. The van der Waals surface area contributed by atoms with Crippen LogP contribution in [0.25, 0.3) is 0 Å². The molecule has 1 aromatic heterocycles. The fourth-order valence-electron chi connectivity index (χ4n) is 1.22. The normalized spacial score (nSPS) is 12.9. The van der Waals surface area contributed by atoms with Gasteiger partial charge in [-0.05, 0) is 19.3 Å². The number of aryl methyl sites for hydroxylation is 1. The minimum absolute atomic E-state index is 0.205. The van der Waals surface area contributed by atoms with E-state index >= 15 is 0 Å². The fourth-order valence-corrected chi connectivity index (χ4v) is 1.22. The van der Waals surface area contributed by atoms with Crippen LogP contribution in [0.15, 0.2) is 10.7 Å². The van der Waals surface area contributed by atoms with E-state index < -0.39 is 6.04 Å². The van der Waals surface area contributed by atoms with Gasteiger partial charge in [0.2, 0.25) is 5.91 Å². The summed E-state index contributed by atoms with van der Waals surface area (Å²) in [5.74, 6) is 0.127. The van der Waals surface area contributed by atoms with E-state index in [1.807, 2.05) is 13.8 Å². The third kappa shape index (κ3) is 3.71. The average molecular weight is 211 g/mol. The summed E-state index contributed by atoms with van der Waals surface area (Å²) in [5.41, 5.74) is 6.42. The molecule has 1 amide bonds. The summed E-state index contributed by atoms with van der Waals surface area (Å²) in [7, 11) is 0. The number of hydrogen-bond donors (Lipinski definition) is 2. The molecule has 84 valence electrons. The molecule has 0 saturated heterocycles. The van der Waals surface area contributed by atoms with Crippen molar-refractivity contribution in [2.75, 3.05) is 5.32 Å². The summed E-state index contributed by atoms with van der Waals surface area (Å²) < 4.78 is 4.99. The number of aromatic nitrogens is 1. The van der Waals surface area contributed by atoms with Gasteiger partial charge in [-0.15, -0.1) is 0 Å². The Morgan fingerprint density at radius 3 is 2.80 bits per heavy atom. The Morgan fingerprint density at radius 2 is 2.33 bits per heavy atom. The first kappa shape index (κ1) is 11.7. The number of nitrogens with zero attached hydrogens (tertiary/aromatic N) is 1. The van der Waals surface area contributed by atoms with E-state index in [0.717, 1.165) is 5.69 Å². The molecule has 5 nitrogen and oxygen atoms in total. The fraction of sp³-hybridized carbons (Fsp3) is 0.600. The molecule has 1 aromatic rings. The molecule has 0 aliphatic rings. The lowest BCUT2D eigenvalue weighted by Gasteiger charge is -2.12. The third-order valence-electron chi connectivity index (χ3n) is 1.91. The summed E-state index contributed by atoms with van der Waals surface area (Å²) in [4.78, 5) is 15.5. The van der Waals surface area contributed by atoms with Crippen molar-refractivity contribution < 1.29 is 9.21 Å². The van der Waals surface area contributed by atoms with E-state index in [4.69, 9.17) is 10.2 Å². The molecule has 0 unspecified atom stereocenters. The van der Waals surface area contributed by atoms with E-state index in [-0.39, 0.29) is 11.9 Å². The third-order valence-corrected chi connectivity index (χ3v) is 1.91. The van der Waals surface area contributed by atoms with Crippen LogP contribution in [0.4, 0.5) is 6.01 Å². The lowest BCUT2D eigenvalue weighted by atomic mass is 10.0. The van der Waals surface area contributed by atoms with Gasteiger partial charge in [-0.2, -0.15) is 4.98 Å². The molecule has 0 aromatic carbocycles. The van der Waals surface area contributed by atoms with Crippen molar-refractivity contribution in [3.8, 4) is 0 Å². The molecule has 15 heavy (non-hydrogen) atoms. The summed E-state index contributed by atoms with van der Waals surface area (Å²) in [6, 6.07) is -0.311. The van der Waals surface area contributed by atoms with Gasteiger partial charge < -0.3 is 10.2 Å². The smallest absolute Gasteiger partial charge is 0.301 e. The molecule has 0 bridgehead atoms. The van der Waals surface area contributed by atoms with Gasteiger partial charge in [-0.3, -0.25) is 10.1 Å². The monoisotopic (exact) mass is 211 g/mol. The van der Waals surface area contributed by atoms with Crippen LogP contribution in [0.5, 0.6) is 0 Å². The van der Waals surface area contributed by atoms with Gasteiger partial charge in [0.25, 0.3) is 0 Å². The zero-order valence-corrected chi connectivity index (χ0v) is 9.28. The second-order valence-electron chi connectivity index (χ2n) is 4.02. The van der Waals surface area contributed by atoms with E-state index in [2.05, 4.69) is 10.3 Å². The van der Waals surface area contributed by atoms with Crippen molar-refractivity contribution in [1.29, 1.82) is 0 Å². The second kappa shape index (κ2) is 4.93. The van der Waals surface area contributed by atoms with Crippen molar-refractivity contribution in [3.63, 3.8) is 0 Å². The molecule has 1 heterocycles. The Bertz CT molecular complexity index is 333. The Labute approximate surface area is 89.1 Å². The number of nitrogens with one attached hydrogen (secondary N) is 1. The summed E-state index contributed by atoms with van der Waals surface area (Å²) in [5, 5.41) is 2.53. The van der Waals surface area contributed by atoms with Gasteiger partial charge in [0.15, 0.2) is 0 Å². The van der Waals surface area contributed by atoms with Crippen LogP contribution >= 0.6 is 0 Å². The maximum Gasteiger partial charge on any atom is 0.301 e. The van der Waals surface area contributed by atoms with Gasteiger partial charge in [-0.1, -0.05) is 13.8 Å². The second-order valence-corrected chi connectivity index (χ2v) is 4.02. The topological polar surface area (TPSA) is 81.2 Å². The molecule has 5 heteroatoms. The first-order valence-electron chi connectivity index (χ1n) is 4.97. The maximum absolute atomic E-state index is 11.5. The van der Waals surface area contributed by atoms with E-state index in [1.54, 1.807) is 6.92 Å². The first-order valence-corrected chi connectivity index (χ1v) is 4.97. The number of carbonyl (C=O) groups is 1. The van der Waals surface area contributed by atoms with E-state index in [0.29, 0.717) is 12.3 Å². The molecule has 0 spiro atoms. The van der Waals surface area contributed by atoms with Gasteiger partial charge in [-0.25, -0.2) is 0 Å². The van der Waals surface area contributed by atoms with Crippen molar-refractivity contribution in [1.82, 2.24) is 4.98 Å². The molecule has 1 rings (SSSR count). The van der Waals surface area contributed by atoms with Crippen molar-refractivity contribution in [3.05, 3.63) is 12.0 Å². The highest BCUT2D eigenvalue weighted by Gasteiger charge is 2.16. The number of rotatable bonds is 4. The Kier molecular flexibility index (Phi) is 3.85. The molecule has 0 aliphatic heterocycles. The van der Waals surface area contributed by atoms with Crippen molar-refractivity contribution >= 4 is 11.9 Å². The van der Waals surface area contributed by atoms with Crippen LogP contribution in [-0.4, -0.2) is 16.9 Å². The quantitative estimate of drug-likeness (QED) is 0.786. The van der Waals surface area contributed by atoms with Gasteiger partial charge in [0.05, 0.1) is 11.7 Å². The molecule has 0 fully saturated rings. The highest BCUT2D eigenvalue weighted by Crippen LogP contribution is 2.08. The zero-order chi connectivity index (χ0) is 11.4. The van der Waals surface area contributed by atoms with Crippen LogP contribution < -0.4 is 11.1 Å². The van der Waals surface area contributed by atoms with Crippen LogP contribution in [0.2, 0.25) is 0 Å². The van der Waals surface area contributed by atoms with Gasteiger partial charge in [0, 0.05) is 0 Å². The van der Waals surface area contributed by atoms with Crippen LogP contribution in [0.1, 0.15) is 26.0 Å². The summed E-state index contributed by atoms with van der Waals surface area (Å²) in [6.07, 6.45) is 2.12. The zero-order valence-electron chi connectivity index (χ0n) is 9.28. The number of hydrogen-bond acceptors (Lipinski definition) is 4. The van der Waals surface area contributed by atoms with Crippen LogP contribution in [0.3, 0.4) is 0 Å². The molecule has 0 saturated carbocycles. The summed E-state index contributed by atoms with van der Waals surface area (Å²) >= 11 is 0. The highest BCUT2D eigenvalue weighted by molar-refractivity contribution is 5.92. The molecular weight excluding hydrogens is 194 g/mol. The molecule has 0 radical (unpaired) electrons. The molecular formula is C10H17N3O2. The van der Waals surface area contributed by atoms with Crippen LogP contribution in [-0.2, 0) is 4.79 Å². The number of amides is 1. The minimum Gasteiger partial charge on any atom is -0.432 e. The lowest BCUT2D eigenvalue weighted by Crippen LogP contribution is -2.36. The number of anilines is 1. The SMILES string of the molecule is Cc1coc(NC(=O)[C@H](N)CC(C)C)n1. The number of carbonyl (C=O) groups excluding carboxylic acids is 1. The summed E-state index contributed by atoms with van der Waals surface area (Å²) in [6.45, 7) is 5.82. The molecule has 1 atom stereocenters. The maximum atomic E-state index is 11.5. The number of nitrogens with two attached hydrogens (primary N) is 1. The Balaban J connectivity index is 2.48. The Morgan fingerprint density at radius 1 is 1.67 bits per heavy atom. The van der Waals surface area contributed by atoms with Crippen LogP contribution in [0, 0.1) is 12.8 Å². The highest BCUT2D eigenvalue weighted by atomic mass is 16.4. The Hall–Kier alpha value is -1.36. The molecule has 3 N–H and O–H groups in total. The predicted molar refractivity (Wildman–Crippen MR) is 57.3 cm³/mol. The first-order chi connectivity index (χ1) is 6.99. The molecule has 0 aliphatic carbocycles. The van der Waals surface area contributed by atoms with E-state index in [9.17, 15) is 4.79 Å². The minimum atomic E-state index is -0.516. The number of oxazole rings is 1. The standard InChI is InChI=1S/C10H17N3O2/c1-6(2)4-8(11)9(14)13-10-12-7(3)5-15-10/h5-6,8H,4,11H2,1-3H3,(H,12,13,14)/t8-/m1/s1. The predicted octanol–water partition coefficient (Wildman–Crippen LogP) is 1.29. The van der Waals surface area contributed by atoms with Crippen molar-refractivity contribution in [2.45, 2.75) is 33.2 Å². The largest absolute Gasteiger partial charge is 0.432 e. The van der Waals surface area contributed by atoms with E-state index in [1.165, 1.54) is 6.26 Å². The lowest BCUT2D eigenvalue weighted by molar-refractivity contribution is -0.117.